The fourth-order valence-corrected chi connectivity index (χ4v) is 2.06. The summed E-state index contributed by atoms with van der Waals surface area (Å²) in [6.07, 6.45) is -0.256. The number of rotatable bonds is 7. The van der Waals surface area contributed by atoms with Gasteiger partial charge < -0.3 is 10.4 Å². The zero-order valence-electron chi connectivity index (χ0n) is 12.1. The van der Waals surface area contributed by atoms with E-state index in [9.17, 15) is 5.11 Å². The van der Waals surface area contributed by atoms with E-state index in [2.05, 4.69) is 49.5 Å². The molecule has 1 aromatic rings. The van der Waals surface area contributed by atoms with Gasteiger partial charge in [-0.1, -0.05) is 58.0 Å². The molecule has 2 heteroatoms. The van der Waals surface area contributed by atoms with E-state index in [1.165, 1.54) is 5.56 Å². The van der Waals surface area contributed by atoms with Gasteiger partial charge in [0.25, 0.3) is 0 Å². The normalized spacial score (nSPS) is 15.1. The fraction of sp³-hybridized carbons (Fsp3) is 0.625. The van der Waals surface area contributed by atoms with E-state index in [0.717, 1.165) is 6.54 Å². The predicted molar refractivity (Wildman–Crippen MR) is 77.7 cm³/mol. The van der Waals surface area contributed by atoms with Crippen LogP contribution in [0.25, 0.3) is 0 Å². The van der Waals surface area contributed by atoms with Crippen molar-refractivity contribution in [2.45, 2.75) is 39.7 Å². The molecule has 2 atom stereocenters. The highest BCUT2D eigenvalue weighted by Crippen LogP contribution is 2.23. The van der Waals surface area contributed by atoms with Crippen LogP contribution in [0.2, 0.25) is 0 Å². The Kier molecular flexibility index (Phi) is 6.37. The van der Waals surface area contributed by atoms with Gasteiger partial charge in [0.15, 0.2) is 0 Å². The van der Waals surface area contributed by atoms with E-state index in [0.29, 0.717) is 24.3 Å². The minimum absolute atomic E-state index is 0.256. The SMILES string of the molecule is CC(C)C(O)CNCC(c1ccccc1)C(C)C. The summed E-state index contributed by atoms with van der Waals surface area (Å²) in [6.45, 7) is 10.2. The van der Waals surface area contributed by atoms with Gasteiger partial charge in [0.1, 0.15) is 0 Å². The smallest absolute Gasteiger partial charge is 0.0687 e. The summed E-state index contributed by atoms with van der Waals surface area (Å²) in [5.41, 5.74) is 1.37. The van der Waals surface area contributed by atoms with Crippen molar-refractivity contribution in [3.05, 3.63) is 35.9 Å². The highest BCUT2D eigenvalue weighted by atomic mass is 16.3. The molecule has 0 fully saturated rings. The summed E-state index contributed by atoms with van der Waals surface area (Å²) in [5, 5.41) is 13.2. The average molecular weight is 249 g/mol. The topological polar surface area (TPSA) is 32.3 Å². The third-order valence-corrected chi connectivity index (χ3v) is 3.52. The molecule has 0 aliphatic carbocycles. The molecule has 18 heavy (non-hydrogen) atoms. The second-order valence-corrected chi connectivity index (χ2v) is 5.73. The second-order valence-electron chi connectivity index (χ2n) is 5.73. The lowest BCUT2D eigenvalue weighted by Gasteiger charge is -2.23. The van der Waals surface area contributed by atoms with Crippen molar-refractivity contribution in [1.29, 1.82) is 0 Å². The lowest BCUT2D eigenvalue weighted by Crippen LogP contribution is -2.34. The molecule has 0 aliphatic heterocycles. The monoisotopic (exact) mass is 249 g/mol. The van der Waals surface area contributed by atoms with Gasteiger partial charge in [0, 0.05) is 13.1 Å². The van der Waals surface area contributed by atoms with Crippen LogP contribution in [-0.4, -0.2) is 24.3 Å². The van der Waals surface area contributed by atoms with Crippen LogP contribution in [0.15, 0.2) is 30.3 Å². The minimum Gasteiger partial charge on any atom is -0.392 e. The molecule has 0 heterocycles. The van der Waals surface area contributed by atoms with Crippen LogP contribution in [0.4, 0.5) is 0 Å². The summed E-state index contributed by atoms with van der Waals surface area (Å²) in [5.74, 6) is 1.41. The molecule has 0 spiro atoms. The zero-order chi connectivity index (χ0) is 13.5. The number of hydrogen-bond acceptors (Lipinski definition) is 2. The molecular weight excluding hydrogens is 222 g/mol. The number of aliphatic hydroxyl groups excluding tert-OH is 1. The van der Waals surface area contributed by atoms with Gasteiger partial charge in [-0.3, -0.25) is 0 Å². The molecule has 2 nitrogen and oxygen atoms in total. The number of benzene rings is 1. The third-order valence-electron chi connectivity index (χ3n) is 3.52. The third kappa shape index (κ3) is 4.79. The van der Waals surface area contributed by atoms with Crippen LogP contribution in [0, 0.1) is 11.8 Å². The van der Waals surface area contributed by atoms with E-state index >= 15 is 0 Å². The van der Waals surface area contributed by atoms with Crippen LogP contribution >= 0.6 is 0 Å². The first-order valence-corrected chi connectivity index (χ1v) is 6.96. The first-order chi connectivity index (χ1) is 8.52. The average Bonchev–Trinajstić information content (AvgIpc) is 2.34. The highest BCUT2D eigenvalue weighted by Gasteiger charge is 2.16. The first-order valence-electron chi connectivity index (χ1n) is 6.96. The Morgan fingerprint density at radius 3 is 2.06 bits per heavy atom. The van der Waals surface area contributed by atoms with Gasteiger partial charge in [-0.05, 0) is 23.3 Å². The van der Waals surface area contributed by atoms with Crippen molar-refractivity contribution < 1.29 is 5.11 Å². The summed E-state index contributed by atoms with van der Waals surface area (Å²) < 4.78 is 0. The molecular formula is C16H27NO. The van der Waals surface area contributed by atoms with Crippen molar-refractivity contribution in [1.82, 2.24) is 5.32 Å². The lowest BCUT2D eigenvalue weighted by atomic mass is 9.88. The van der Waals surface area contributed by atoms with Crippen LogP contribution in [0.1, 0.15) is 39.2 Å². The molecule has 102 valence electrons. The maximum Gasteiger partial charge on any atom is 0.0687 e. The Hall–Kier alpha value is -0.860. The van der Waals surface area contributed by atoms with Crippen LogP contribution in [-0.2, 0) is 0 Å². The maximum atomic E-state index is 9.79. The van der Waals surface area contributed by atoms with Gasteiger partial charge in [-0.2, -0.15) is 0 Å². The molecule has 0 saturated heterocycles. The molecule has 0 saturated carbocycles. The van der Waals surface area contributed by atoms with E-state index in [4.69, 9.17) is 0 Å². The summed E-state index contributed by atoms with van der Waals surface area (Å²) in [7, 11) is 0. The first kappa shape index (κ1) is 15.2. The zero-order valence-corrected chi connectivity index (χ0v) is 12.1. The van der Waals surface area contributed by atoms with E-state index in [1.54, 1.807) is 0 Å². The van der Waals surface area contributed by atoms with Gasteiger partial charge in [0.05, 0.1) is 6.10 Å². The highest BCUT2D eigenvalue weighted by molar-refractivity contribution is 5.20. The number of aliphatic hydroxyl groups is 1. The summed E-state index contributed by atoms with van der Waals surface area (Å²) >= 11 is 0. The Balaban J connectivity index is 2.50. The largest absolute Gasteiger partial charge is 0.392 e. The van der Waals surface area contributed by atoms with Crippen LogP contribution in [0.5, 0.6) is 0 Å². The van der Waals surface area contributed by atoms with Crippen molar-refractivity contribution >= 4 is 0 Å². The molecule has 0 radical (unpaired) electrons. The van der Waals surface area contributed by atoms with E-state index in [1.807, 2.05) is 13.8 Å². The van der Waals surface area contributed by atoms with Crippen LogP contribution in [0.3, 0.4) is 0 Å². The molecule has 1 rings (SSSR count). The lowest BCUT2D eigenvalue weighted by molar-refractivity contribution is 0.123. The van der Waals surface area contributed by atoms with Crippen molar-refractivity contribution in [3.8, 4) is 0 Å². The Bertz CT molecular complexity index is 321. The summed E-state index contributed by atoms with van der Waals surface area (Å²) in [4.78, 5) is 0. The van der Waals surface area contributed by atoms with Gasteiger partial charge in [-0.25, -0.2) is 0 Å². The van der Waals surface area contributed by atoms with Crippen molar-refractivity contribution in [2.75, 3.05) is 13.1 Å². The second kappa shape index (κ2) is 7.55. The van der Waals surface area contributed by atoms with E-state index in [-0.39, 0.29) is 6.10 Å². The number of nitrogens with one attached hydrogen (secondary N) is 1. The molecule has 1 aromatic carbocycles. The molecule has 0 bridgehead atoms. The van der Waals surface area contributed by atoms with Gasteiger partial charge >= 0.3 is 0 Å². The Morgan fingerprint density at radius 2 is 1.56 bits per heavy atom. The van der Waals surface area contributed by atoms with Crippen molar-refractivity contribution in [3.63, 3.8) is 0 Å². The van der Waals surface area contributed by atoms with Crippen molar-refractivity contribution in [2.24, 2.45) is 11.8 Å². The minimum atomic E-state index is -0.256. The number of hydrogen-bond donors (Lipinski definition) is 2. The van der Waals surface area contributed by atoms with Gasteiger partial charge in [-0.15, -0.1) is 0 Å². The fourth-order valence-electron chi connectivity index (χ4n) is 2.06. The standard InChI is InChI=1S/C16H27NO/c1-12(2)15(14-8-6-5-7-9-14)10-17-11-16(18)13(3)4/h5-9,12-13,15-18H,10-11H2,1-4H3. The Morgan fingerprint density at radius 1 is 0.944 bits per heavy atom. The summed E-state index contributed by atoms with van der Waals surface area (Å²) in [6, 6.07) is 10.6. The molecule has 0 aromatic heterocycles. The molecule has 2 N–H and O–H groups in total. The molecule has 2 unspecified atom stereocenters. The van der Waals surface area contributed by atoms with Gasteiger partial charge in [0.2, 0.25) is 0 Å². The predicted octanol–water partition coefficient (Wildman–Crippen LogP) is 3.03. The van der Waals surface area contributed by atoms with Crippen LogP contribution < -0.4 is 5.32 Å². The molecule has 0 aliphatic rings. The molecule has 0 amide bonds. The maximum absolute atomic E-state index is 9.79. The van der Waals surface area contributed by atoms with E-state index < -0.39 is 0 Å². The Labute approximate surface area is 111 Å². The quantitative estimate of drug-likeness (QED) is 0.778.